The number of fused-ring (bicyclic) bond motifs is 1. The Bertz CT molecular complexity index is 1190. The standard InChI is InChI=1S/C20H22BrN3O4S2/c1-3-9-24-16-8-7-15(21)11-17(16)29-20(24)22-18(25)12-30(27,28)13-19(26)23-10-5-4-6-14(23)2/h1,7-8,11,14H,4-6,9-10,12-13H2,2H3. The van der Waals surface area contributed by atoms with Gasteiger partial charge in [-0.25, -0.2) is 8.42 Å². The molecule has 1 unspecified atom stereocenters. The molecule has 2 amide bonds. The van der Waals surface area contributed by atoms with E-state index in [2.05, 4.69) is 26.8 Å². The minimum atomic E-state index is -3.92. The summed E-state index contributed by atoms with van der Waals surface area (Å²) in [7, 11) is -3.92. The molecule has 1 aliphatic rings. The summed E-state index contributed by atoms with van der Waals surface area (Å²) >= 11 is 4.65. The second-order valence-corrected chi connectivity index (χ2v) is 11.2. The molecule has 1 atom stereocenters. The third-order valence-corrected chi connectivity index (χ3v) is 7.83. The molecule has 30 heavy (non-hydrogen) atoms. The number of benzene rings is 1. The highest BCUT2D eigenvalue weighted by Crippen LogP contribution is 2.22. The fourth-order valence-electron chi connectivity index (χ4n) is 3.49. The molecule has 0 saturated carbocycles. The molecule has 10 heteroatoms. The average Bonchev–Trinajstić information content (AvgIpc) is 2.97. The highest BCUT2D eigenvalue weighted by molar-refractivity contribution is 9.10. The van der Waals surface area contributed by atoms with E-state index in [4.69, 9.17) is 6.42 Å². The minimum absolute atomic E-state index is 0.0161. The molecule has 1 aliphatic heterocycles. The quantitative estimate of drug-likeness (QED) is 0.576. The molecule has 3 rings (SSSR count). The molecular weight excluding hydrogens is 490 g/mol. The SMILES string of the molecule is C#CCn1c(=NC(=O)CS(=O)(=O)CC(=O)N2CCCCC2C)sc2cc(Br)ccc21. The maximum atomic E-state index is 12.4. The summed E-state index contributed by atoms with van der Waals surface area (Å²) < 4.78 is 28.3. The zero-order valence-electron chi connectivity index (χ0n) is 16.5. The zero-order valence-corrected chi connectivity index (χ0v) is 19.7. The highest BCUT2D eigenvalue weighted by Gasteiger charge is 2.28. The average molecular weight is 512 g/mol. The number of rotatable bonds is 5. The Labute approximate surface area is 187 Å². The Kier molecular flexibility index (Phi) is 7.16. The summed E-state index contributed by atoms with van der Waals surface area (Å²) in [6.07, 6.45) is 8.19. The van der Waals surface area contributed by atoms with E-state index in [0.717, 1.165) is 34.0 Å². The number of hydrogen-bond donors (Lipinski definition) is 0. The number of amides is 2. The summed E-state index contributed by atoms with van der Waals surface area (Å²) in [5.41, 5.74) is 0.810. The molecule has 1 saturated heterocycles. The van der Waals surface area contributed by atoms with Crippen LogP contribution in [0.2, 0.25) is 0 Å². The van der Waals surface area contributed by atoms with Gasteiger partial charge in [0.2, 0.25) is 5.91 Å². The van der Waals surface area contributed by atoms with E-state index >= 15 is 0 Å². The first kappa shape index (κ1) is 22.7. The van der Waals surface area contributed by atoms with Crippen molar-refractivity contribution in [3.63, 3.8) is 0 Å². The lowest BCUT2D eigenvalue weighted by atomic mass is 10.0. The fourth-order valence-corrected chi connectivity index (χ4v) is 6.18. The molecule has 1 aromatic carbocycles. The van der Waals surface area contributed by atoms with Crippen molar-refractivity contribution in [2.24, 2.45) is 4.99 Å². The van der Waals surface area contributed by atoms with Crippen LogP contribution in [-0.2, 0) is 26.0 Å². The normalized spacial score (nSPS) is 17.8. The predicted molar refractivity (Wildman–Crippen MR) is 121 cm³/mol. The fraction of sp³-hybridized carbons (Fsp3) is 0.450. The summed E-state index contributed by atoms with van der Waals surface area (Å²) in [5, 5.41) is 0. The number of sulfone groups is 1. The number of carbonyl (C=O) groups is 2. The van der Waals surface area contributed by atoms with Gasteiger partial charge >= 0.3 is 0 Å². The smallest absolute Gasteiger partial charge is 0.263 e. The second-order valence-electron chi connectivity index (χ2n) is 7.26. The van der Waals surface area contributed by atoms with Gasteiger partial charge in [-0.3, -0.25) is 9.59 Å². The van der Waals surface area contributed by atoms with E-state index in [1.807, 2.05) is 25.1 Å². The van der Waals surface area contributed by atoms with Crippen LogP contribution in [0.25, 0.3) is 10.2 Å². The molecule has 2 heterocycles. The topological polar surface area (TPSA) is 88.8 Å². The number of thiazole rings is 1. The Morgan fingerprint density at radius 3 is 2.80 bits per heavy atom. The number of piperidine rings is 1. The van der Waals surface area contributed by atoms with E-state index in [1.54, 1.807) is 9.47 Å². The van der Waals surface area contributed by atoms with Gasteiger partial charge in [0, 0.05) is 17.1 Å². The van der Waals surface area contributed by atoms with Gasteiger partial charge in [-0.2, -0.15) is 4.99 Å². The lowest BCUT2D eigenvalue weighted by molar-refractivity contribution is -0.131. The number of hydrogen-bond acceptors (Lipinski definition) is 5. The van der Waals surface area contributed by atoms with Crippen LogP contribution in [-0.4, -0.2) is 53.8 Å². The van der Waals surface area contributed by atoms with Crippen LogP contribution in [0.1, 0.15) is 26.2 Å². The van der Waals surface area contributed by atoms with E-state index in [9.17, 15) is 18.0 Å². The lowest BCUT2D eigenvalue weighted by Crippen LogP contribution is -2.45. The molecule has 2 aromatic rings. The molecule has 0 N–H and O–H groups in total. The Morgan fingerprint density at radius 2 is 2.10 bits per heavy atom. The monoisotopic (exact) mass is 511 g/mol. The summed E-state index contributed by atoms with van der Waals surface area (Å²) in [6.45, 7) is 2.66. The van der Waals surface area contributed by atoms with E-state index in [1.165, 1.54) is 11.3 Å². The van der Waals surface area contributed by atoms with Gasteiger partial charge in [0.25, 0.3) is 5.91 Å². The van der Waals surface area contributed by atoms with Crippen LogP contribution in [0.4, 0.5) is 0 Å². The first-order chi connectivity index (χ1) is 14.2. The van der Waals surface area contributed by atoms with Crippen LogP contribution in [0.3, 0.4) is 0 Å². The van der Waals surface area contributed by atoms with Crippen molar-refractivity contribution in [1.82, 2.24) is 9.47 Å². The number of aromatic nitrogens is 1. The Balaban J connectivity index is 1.80. The third-order valence-electron chi connectivity index (χ3n) is 4.92. The van der Waals surface area contributed by atoms with Crippen LogP contribution < -0.4 is 4.80 Å². The highest BCUT2D eigenvalue weighted by atomic mass is 79.9. The molecule has 7 nitrogen and oxygen atoms in total. The predicted octanol–water partition coefficient (Wildman–Crippen LogP) is 2.34. The summed E-state index contributed by atoms with van der Waals surface area (Å²) in [5.74, 6) is -0.234. The van der Waals surface area contributed by atoms with Crippen molar-refractivity contribution in [1.29, 1.82) is 0 Å². The molecule has 160 valence electrons. The first-order valence-corrected chi connectivity index (χ1v) is 12.9. The molecule has 0 bridgehead atoms. The maximum absolute atomic E-state index is 12.4. The van der Waals surface area contributed by atoms with Crippen molar-refractivity contribution in [2.45, 2.75) is 38.8 Å². The van der Waals surface area contributed by atoms with Gasteiger partial charge < -0.3 is 9.47 Å². The maximum Gasteiger partial charge on any atom is 0.263 e. The Hall–Kier alpha value is -1.96. The molecular formula is C20H22BrN3O4S2. The lowest BCUT2D eigenvalue weighted by Gasteiger charge is -2.33. The number of nitrogens with zero attached hydrogens (tertiary/aromatic N) is 3. The van der Waals surface area contributed by atoms with Crippen LogP contribution >= 0.6 is 27.3 Å². The van der Waals surface area contributed by atoms with Gasteiger partial charge in [0.1, 0.15) is 11.5 Å². The number of terminal acetylenes is 1. The largest absolute Gasteiger partial charge is 0.339 e. The summed E-state index contributed by atoms with van der Waals surface area (Å²) in [6, 6.07) is 5.60. The first-order valence-electron chi connectivity index (χ1n) is 9.50. The molecule has 0 radical (unpaired) electrons. The van der Waals surface area contributed by atoms with Crippen LogP contribution in [0, 0.1) is 12.3 Å². The van der Waals surface area contributed by atoms with E-state index < -0.39 is 33.2 Å². The van der Waals surface area contributed by atoms with Crippen molar-refractivity contribution in [3.05, 3.63) is 27.5 Å². The molecule has 1 aromatic heterocycles. The number of halogens is 1. The van der Waals surface area contributed by atoms with Gasteiger partial charge in [-0.15, -0.1) is 6.42 Å². The minimum Gasteiger partial charge on any atom is -0.339 e. The van der Waals surface area contributed by atoms with Crippen molar-refractivity contribution < 1.29 is 18.0 Å². The summed E-state index contributed by atoms with van der Waals surface area (Å²) in [4.78, 5) is 30.8. The van der Waals surface area contributed by atoms with Crippen LogP contribution in [0.5, 0.6) is 0 Å². The number of likely N-dealkylation sites (tertiary alicyclic amines) is 1. The second kappa shape index (κ2) is 9.45. The Morgan fingerprint density at radius 1 is 1.33 bits per heavy atom. The third kappa shape index (κ3) is 5.39. The van der Waals surface area contributed by atoms with Crippen molar-refractivity contribution >= 4 is 59.1 Å². The van der Waals surface area contributed by atoms with Gasteiger partial charge in [0.05, 0.1) is 16.8 Å². The molecule has 0 aliphatic carbocycles. The van der Waals surface area contributed by atoms with E-state index in [0.29, 0.717) is 11.3 Å². The van der Waals surface area contributed by atoms with Gasteiger partial charge in [0.15, 0.2) is 14.6 Å². The molecule has 0 spiro atoms. The molecule has 1 fully saturated rings. The van der Waals surface area contributed by atoms with Crippen LogP contribution in [0.15, 0.2) is 27.7 Å². The zero-order chi connectivity index (χ0) is 21.9. The van der Waals surface area contributed by atoms with Crippen molar-refractivity contribution in [2.75, 3.05) is 18.1 Å². The van der Waals surface area contributed by atoms with Crippen molar-refractivity contribution in [3.8, 4) is 12.3 Å². The number of carbonyl (C=O) groups excluding carboxylic acids is 2. The van der Waals surface area contributed by atoms with Gasteiger partial charge in [-0.05, 0) is 44.4 Å². The van der Waals surface area contributed by atoms with E-state index in [-0.39, 0.29) is 12.6 Å². The van der Waals surface area contributed by atoms with Gasteiger partial charge in [-0.1, -0.05) is 33.2 Å².